The van der Waals surface area contributed by atoms with Crippen molar-refractivity contribution in [3.63, 3.8) is 0 Å². The summed E-state index contributed by atoms with van der Waals surface area (Å²) < 4.78 is 41.6. The number of rotatable bonds is 2. The molecule has 3 heterocycles. The smallest absolute Gasteiger partial charge is 0.406 e. The molecular weight excluding hydrogens is 393 g/mol. The summed E-state index contributed by atoms with van der Waals surface area (Å²) in [6.45, 7) is 0.815. The van der Waals surface area contributed by atoms with Gasteiger partial charge in [-0.05, 0) is 24.6 Å². The minimum atomic E-state index is -4.80. The van der Waals surface area contributed by atoms with Gasteiger partial charge in [-0.2, -0.15) is 0 Å². The summed E-state index contributed by atoms with van der Waals surface area (Å²) in [6, 6.07) is 3.80. The van der Waals surface area contributed by atoms with Crippen molar-refractivity contribution < 1.29 is 27.5 Å². The first-order chi connectivity index (χ1) is 12.2. The predicted octanol–water partition coefficient (Wildman–Crippen LogP) is 3.56. The van der Waals surface area contributed by atoms with Crippen LogP contribution in [0.5, 0.6) is 5.75 Å². The molecule has 2 fully saturated rings. The normalized spacial score (nSPS) is 18.9. The van der Waals surface area contributed by atoms with Gasteiger partial charge in [0.25, 0.3) is 5.91 Å². The number of nitrogens with one attached hydrogen (secondary N) is 1. The first kappa shape index (κ1) is 17.4. The van der Waals surface area contributed by atoms with Gasteiger partial charge in [0, 0.05) is 29.6 Å². The molecule has 2 saturated heterocycles. The third-order valence-electron chi connectivity index (χ3n) is 4.54. The van der Waals surface area contributed by atoms with E-state index in [0.717, 1.165) is 11.3 Å². The van der Waals surface area contributed by atoms with Crippen LogP contribution >= 0.6 is 22.9 Å². The topological polar surface area (TPSA) is 58.6 Å². The number of likely N-dealkylation sites (tertiary alicyclic amines) is 1. The van der Waals surface area contributed by atoms with Crippen molar-refractivity contribution in [3.8, 4) is 5.75 Å². The Morgan fingerprint density at radius 3 is 2.69 bits per heavy atom. The Labute approximate surface area is 154 Å². The number of carbonyl (C=O) groups is 2. The summed E-state index contributed by atoms with van der Waals surface area (Å²) in [5.41, 5.74) is -0.344. The van der Waals surface area contributed by atoms with Crippen LogP contribution in [-0.2, 0) is 4.79 Å². The zero-order valence-corrected chi connectivity index (χ0v) is 14.7. The molecule has 2 aromatic rings. The monoisotopic (exact) mass is 404 g/mol. The Morgan fingerprint density at radius 2 is 2.08 bits per heavy atom. The third kappa shape index (κ3) is 2.99. The Morgan fingerprint density at radius 1 is 1.35 bits per heavy atom. The van der Waals surface area contributed by atoms with Gasteiger partial charge in [0.1, 0.15) is 10.6 Å². The van der Waals surface area contributed by atoms with E-state index in [1.807, 2.05) is 0 Å². The second kappa shape index (κ2) is 5.75. The van der Waals surface area contributed by atoms with Gasteiger partial charge >= 0.3 is 6.36 Å². The highest BCUT2D eigenvalue weighted by Gasteiger charge is 2.49. The van der Waals surface area contributed by atoms with Crippen LogP contribution in [0.1, 0.15) is 22.5 Å². The van der Waals surface area contributed by atoms with Crippen molar-refractivity contribution in [1.82, 2.24) is 10.2 Å². The maximum atomic E-state index is 12.7. The van der Waals surface area contributed by atoms with Crippen molar-refractivity contribution in [2.75, 3.05) is 13.1 Å². The summed E-state index contributed by atoms with van der Waals surface area (Å²) in [5, 5.41) is 3.34. The summed E-state index contributed by atoms with van der Waals surface area (Å²) in [7, 11) is 0. The number of amides is 2. The molecule has 1 aromatic heterocycles. The molecule has 2 amide bonds. The lowest BCUT2D eigenvalue weighted by atomic mass is 9.88. The van der Waals surface area contributed by atoms with E-state index in [1.165, 1.54) is 18.2 Å². The first-order valence-corrected chi connectivity index (χ1v) is 8.93. The molecule has 0 aliphatic carbocycles. The summed E-state index contributed by atoms with van der Waals surface area (Å²) in [6.07, 6.45) is -3.66. The molecular formula is C16H12ClF3N2O3S. The summed E-state index contributed by atoms with van der Waals surface area (Å²) in [4.78, 5) is 25.9. The second-order valence-corrected chi connectivity index (χ2v) is 7.87. The van der Waals surface area contributed by atoms with Crippen LogP contribution in [0.4, 0.5) is 13.2 Å². The largest absolute Gasteiger partial charge is 0.573 e. The molecule has 2 aliphatic heterocycles. The van der Waals surface area contributed by atoms with Crippen LogP contribution in [0, 0.1) is 0 Å². The zero-order valence-electron chi connectivity index (χ0n) is 13.2. The van der Waals surface area contributed by atoms with Gasteiger partial charge in [-0.1, -0.05) is 11.6 Å². The molecule has 1 N–H and O–H groups in total. The lowest BCUT2D eigenvalue weighted by Gasteiger charge is -2.47. The van der Waals surface area contributed by atoms with Gasteiger partial charge < -0.3 is 15.0 Å². The first-order valence-electron chi connectivity index (χ1n) is 7.74. The van der Waals surface area contributed by atoms with Crippen LogP contribution in [0.25, 0.3) is 10.1 Å². The van der Waals surface area contributed by atoms with Crippen molar-refractivity contribution in [3.05, 3.63) is 28.1 Å². The highest BCUT2D eigenvalue weighted by molar-refractivity contribution is 7.21. The number of hydrogen-bond donors (Lipinski definition) is 1. The van der Waals surface area contributed by atoms with E-state index in [0.29, 0.717) is 36.0 Å². The highest BCUT2D eigenvalue weighted by Crippen LogP contribution is 2.40. The maximum Gasteiger partial charge on any atom is 0.573 e. The average molecular weight is 405 g/mol. The number of fused-ring (bicyclic) bond motifs is 1. The second-order valence-electron chi connectivity index (χ2n) is 6.44. The zero-order chi connectivity index (χ0) is 18.7. The Balaban J connectivity index is 1.56. The van der Waals surface area contributed by atoms with Gasteiger partial charge in [0.15, 0.2) is 0 Å². The number of ether oxygens (including phenoxy) is 1. The van der Waals surface area contributed by atoms with Crippen molar-refractivity contribution in [1.29, 1.82) is 0 Å². The minimum absolute atomic E-state index is 0.0193. The molecule has 2 aliphatic rings. The standard InChI is InChI=1S/C16H12ClF3N2O3S/c17-12-9-5-8(25-16(18,19)20)1-2-10(9)26-13(12)14(24)22-6-15(7-22)4-3-11(23)21-15/h1-2,5H,3-4,6-7H2,(H,21,23). The fourth-order valence-corrected chi connectivity index (χ4v) is 4.82. The fraction of sp³-hybridized carbons (Fsp3) is 0.375. The van der Waals surface area contributed by atoms with E-state index < -0.39 is 6.36 Å². The van der Waals surface area contributed by atoms with Gasteiger partial charge in [-0.3, -0.25) is 9.59 Å². The fourth-order valence-electron chi connectivity index (χ4n) is 3.36. The quantitative estimate of drug-likeness (QED) is 0.832. The van der Waals surface area contributed by atoms with E-state index in [4.69, 9.17) is 11.6 Å². The molecule has 0 radical (unpaired) electrons. The number of thiophene rings is 1. The number of hydrogen-bond acceptors (Lipinski definition) is 4. The SMILES string of the molecule is O=C1CCC2(CN(C(=O)c3sc4ccc(OC(F)(F)F)cc4c3Cl)C2)N1. The molecule has 0 unspecified atom stereocenters. The van der Waals surface area contributed by atoms with E-state index >= 15 is 0 Å². The molecule has 0 saturated carbocycles. The molecule has 5 nitrogen and oxygen atoms in total. The number of benzene rings is 1. The van der Waals surface area contributed by atoms with E-state index in [9.17, 15) is 22.8 Å². The lowest BCUT2D eigenvalue weighted by Crippen LogP contribution is -2.68. The average Bonchev–Trinajstić information content (AvgIpc) is 3.05. The summed E-state index contributed by atoms with van der Waals surface area (Å²) in [5.74, 6) is -0.698. The Kier molecular flexibility index (Phi) is 3.85. The molecule has 138 valence electrons. The molecule has 4 rings (SSSR count). The van der Waals surface area contributed by atoms with Crippen molar-refractivity contribution >= 4 is 44.8 Å². The van der Waals surface area contributed by atoms with Crippen LogP contribution < -0.4 is 10.1 Å². The van der Waals surface area contributed by atoms with Gasteiger partial charge in [0.2, 0.25) is 5.91 Å². The van der Waals surface area contributed by atoms with E-state index in [-0.39, 0.29) is 33.0 Å². The highest BCUT2D eigenvalue weighted by atomic mass is 35.5. The molecule has 26 heavy (non-hydrogen) atoms. The molecule has 1 spiro atoms. The van der Waals surface area contributed by atoms with Crippen LogP contribution in [0.3, 0.4) is 0 Å². The maximum absolute atomic E-state index is 12.7. The van der Waals surface area contributed by atoms with E-state index in [2.05, 4.69) is 10.1 Å². The van der Waals surface area contributed by atoms with Crippen LogP contribution in [-0.4, -0.2) is 41.7 Å². The lowest BCUT2D eigenvalue weighted by molar-refractivity contribution is -0.274. The van der Waals surface area contributed by atoms with Crippen LogP contribution in [0.15, 0.2) is 18.2 Å². The van der Waals surface area contributed by atoms with Crippen molar-refractivity contribution in [2.45, 2.75) is 24.7 Å². The number of alkyl halides is 3. The minimum Gasteiger partial charge on any atom is -0.406 e. The molecule has 0 atom stereocenters. The molecule has 0 bridgehead atoms. The van der Waals surface area contributed by atoms with Crippen molar-refractivity contribution in [2.24, 2.45) is 0 Å². The molecule has 1 aromatic carbocycles. The Bertz CT molecular complexity index is 921. The number of halogens is 4. The third-order valence-corrected chi connectivity index (χ3v) is 6.20. The van der Waals surface area contributed by atoms with E-state index in [1.54, 1.807) is 4.90 Å². The van der Waals surface area contributed by atoms with Gasteiger partial charge in [-0.15, -0.1) is 24.5 Å². The van der Waals surface area contributed by atoms with Gasteiger partial charge in [-0.25, -0.2) is 0 Å². The summed E-state index contributed by atoms with van der Waals surface area (Å²) >= 11 is 7.37. The predicted molar refractivity (Wildman–Crippen MR) is 89.5 cm³/mol. The number of nitrogens with zero attached hydrogens (tertiary/aromatic N) is 1. The Hall–Kier alpha value is -2.00. The molecule has 10 heteroatoms. The number of carbonyl (C=O) groups excluding carboxylic acids is 2. The van der Waals surface area contributed by atoms with Crippen LogP contribution in [0.2, 0.25) is 5.02 Å². The van der Waals surface area contributed by atoms with Gasteiger partial charge in [0.05, 0.1) is 10.6 Å².